The van der Waals surface area contributed by atoms with E-state index in [1.807, 2.05) is 24.3 Å². The SMILES string of the molecule is COc1cccc(CN(C=O)CC2(c3ccc(Br)cc3)NC(=O)NC2=O)c1. The Morgan fingerprint density at radius 2 is 1.93 bits per heavy atom. The highest BCUT2D eigenvalue weighted by Gasteiger charge is 2.48. The average Bonchev–Trinajstić information content (AvgIpc) is 2.95. The van der Waals surface area contributed by atoms with Gasteiger partial charge < -0.3 is 15.0 Å². The van der Waals surface area contributed by atoms with Gasteiger partial charge in [-0.1, -0.05) is 40.2 Å². The topological polar surface area (TPSA) is 87.7 Å². The molecule has 1 saturated heterocycles. The van der Waals surface area contributed by atoms with Gasteiger partial charge in [-0.2, -0.15) is 0 Å². The van der Waals surface area contributed by atoms with Crippen LogP contribution in [0.1, 0.15) is 11.1 Å². The minimum atomic E-state index is -1.35. The van der Waals surface area contributed by atoms with Crippen LogP contribution in [-0.4, -0.2) is 36.9 Å². The van der Waals surface area contributed by atoms with Crippen LogP contribution in [0.3, 0.4) is 0 Å². The number of carbonyl (C=O) groups is 3. The molecule has 8 heteroatoms. The molecule has 0 saturated carbocycles. The molecule has 27 heavy (non-hydrogen) atoms. The first-order valence-electron chi connectivity index (χ1n) is 8.19. The van der Waals surface area contributed by atoms with Crippen LogP contribution in [0, 0.1) is 0 Å². The van der Waals surface area contributed by atoms with Crippen LogP contribution < -0.4 is 15.4 Å². The molecule has 0 spiro atoms. The summed E-state index contributed by atoms with van der Waals surface area (Å²) in [5, 5.41) is 4.95. The number of urea groups is 1. The van der Waals surface area contributed by atoms with Crippen molar-refractivity contribution in [2.24, 2.45) is 0 Å². The Labute approximate surface area is 164 Å². The molecule has 2 aromatic rings. The zero-order chi connectivity index (χ0) is 19.4. The van der Waals surface area contributed by atoms with Gasteiger partial charge in [0.15, 0.2) is 5.54 Å². The van der Waals surface area contributed by atoms with Crippen LogP contribution in [0.15, 0.2) is 53.0 Å². The lowest BCUT2D eigenvalue weighted by Crippen LogP contribution is -2.52. The number of nitrogens with one attached hydrogen (secondary N) is 2. The van der Waals surface area contributed by atoms with Crippen molar-refractivity contribution in [1.29, 1.82) is 0 Å². The van der Waals surface area contributed by atoms with E-state index >= 15 is 0 Å². The third kappa shape index (κ3) is 3.95. The van der Waals surface area contributed by atoms with Crippen molar-refractivity contribution in [2.45, 2.75) is 12.1 Å². The first kappa shape index (κ1) is 18.9. The second kappa shape index (κ2) is 7.79. The summed E-state index contributed by atoms with van der Waals surface area (Å²) in [6.45, 7) is 0.259. The zero-order valence-corrected chi connectivity index (χ0v) is 16.2. The fraction of sp³-hybridized carbons (Fsp3) is 0.211. The standard InChI is InChI=1S/C19H18BrN3O4/c1-27-16-4-2-3-13(9-16)10-23(12-24)11-19(17(25)21-18(26)22-19)14-5-7-15(20)8-6-14/h2-9,12H,10-11H2,1H3,(H2,21,22,25,26). The number of hydrogen-bond donors (Lipinski definition) is 2. The average molecular weight is 432 g/mol. The van der Waals surface area contributed by atoms with Crippen LogP contribution in [0.25, 0.3) is 0 Å². The van der Waals surface area contributed by atoms with E-state index in [-0.39, 0.29) is 13.1 Å². The van der Waals surface area contributed by atoms with E-state index in [1.54, 1.807) is 31.4 Å². The highest BCUT2D eigenvalue weighted by atomic mass is 79.9. The first-order valence-corrected chi connectivity index (χ1v) is 8.98. The number of ether oxygens (including phenoxy) is 1. The van der Waals surface area contributed by atoms with Crippen molar-refractivity contribution in [2.75, 3.05) is 13.7 Å². The highest BCUT2D eigenvalue weighted by Crippen LogP contribution is 2.28. The Morgan fingerprint density at radius 1 is 1.19 bits per heavy atom. The van der Waals surface area contributed by atoms with Gasteiger partial charge in [-0.05, 0) is 35.4 Å². The maximum absolute atomic E-state index is 12.6. The Balaban J connectivity index is 1.90. The molecule has 0 radical (unpaired) electrons. The normalized spacial score (nSPS) is 18.6. The zero-order valence-electron chi connectivity index (χ0n) is 14.6. The van der Waals surface area contributed by atoms with E-state index < -0.39 is 17.5 Å². The molecule has 140 valence electrons. The van der Waals surface area contributed by atoms with E-state index in [0.717, 1.165) is 10.0 Å². The van der Waals surface area contributed by atoms with Crippen molar-refractivity contribution in [3.8, 4) is 5.75 Å². The summed E-state index contributed by atoms with van der Waals surface area (Å²) < 4.78 is 6.04. The van der Waals surface area contributed by atoms with Gasteiger partial charge in [-0.25, -0.2) is 4.79 Å². The summed E-state index contributed by atoms with van der Waals surface area (Å²) in [7, 11) is 1.57. The molecule has 1 aliphatic heterocycles. The van der Waals surface area contributed by atoms with Gasteiger partial charge >= 0.3 is 6.03 Å². The van der Waals surface area contributed by atoms with Crippen molar-refractivity contribution in [3.05, 3.63) is 64.1 Å². The summed E-state index contributed by atoms with van der Waals surface area (Å²) in [5.74, 6) is 0.181. The summed E-state index contributed by atoms with van der Waals surface area (Å²) in [6, 6.07) is 13.8. The molecule has 1 fully saturated rings. The third-order valence-electron chi connectivity index (χ3n) is 4.39. The number of imide groups is 1. The minimum absolute atomic E-state index is 0.00703. The number of methoxy groups -OCH3 is 1. The molecule has 0 aliphatic carbocycles. The maximum Gasteiger partial charge on any atom is 0.322 e. The van der Waals surface area contributed by atoms with E-state index in [2.05, 4.69) is 26.6 Å². The lowest BCUT2D eigenvalue weighted by atomic mass is 9.89. The van der Waals surface area contributed by atoms with Gasteiger partial charge in [0.2, 0.25) is 6.41 Å². The fourth-order valence-electron chi connectivity index (χ4n) is 3.07. The second-order valence-electron chi connectivity index (χ2n) is 6.18. The second-order valence-corrected chi connectivity index (χ2v) is 7.10. The Bertz CT molecular complexity index is 872. The lowest BCUT2D eigenvalue weighted by Gasteiger charge is -2.31. The molecule has 2 aromatic carbocycles. The smallest absolute Gasteiger partial charge is 0.322 e. The molecule has 0 bridgehead atoms. The fourth-order valence-corrected chi connectivity index (χ4v) is 3.34. The quantitative estimate of drug-likeness (QED) is 0.519. The van der Waals surface area contributed by atoms with E-state index in [0.29, 0.717) is 17.7 Å². The summed E-state index contributed by atoms with van der Waals surface area (Å²) >= 11 is 3.35. The van der Waals surface area contributed by atoms with Crippen LogP contribution in [-0.2, 0) is 21.7 Å². The van der Waals surface area contributed by atoms with Crippen LogP contribution >= 0.6 is 15.9 Å². The van der Waals surface area contributed by atoms with Gasteiger partial charge in [0.05, 0.1) is 13.7 Å². The molecule has 1 atom stereocenters. The number of hydrogen-bond acceptors (Lipinski definition) is 4. The van der Waals surface area contributed by atoms with Crippen molar-refractivity contribution in [3.63, 3.8) is 0 Å². The van der Waals surface area contributed by atoms with Gasteiger partial charge in [0.25, 0.3) is 5.91 Å². The Kier molecular flexibility index (Phi) is 5.46. The third-order valence-corrected chi connectivity index (χ3v) is 4.92. The number of benzene rings is 2. The largest absolute Gasteiger partial charge is 0.497 e. The molecule has 4 amide bonds. The van der Waals surface area contributed by atoms with E-state index in [4.69, 9.17) is 4.74 Å². The first-order chi connectivity index (χ1) is 13.0. The Morgan fingerprint density at radius 3 is 2.52 bits per heavy atom. The molecular weight excluding hydrogens is 414 g/mol. The van der Waals surface area contributed by atoms with Crippen molar-refractivity contribution < 1.29 is 19.1 Å². The van der Waals surface area contributed by atoms with Crippen LogP contribution in [0.5, 0.6) is 5.75 Å². The molecular formula is C19H18BrN3O4. The Hall–Kier alpha value is -2.87. The van der Waals surface area contributed by atoms with E-state index in [9.17, 15) is 14.4 Å². The monoisotopic (exact) mass is 431 g/mol. The molecule has 1 heterocycles. The van der Waals surface area contributed by atoms with E-state index in [1.165, 1.54) is 4.90 Å². The molecule has 3 rings (SSSR count). The molecule has 7 nitrogen and oxygen atoms in total. The summed E-state index contributed by atoms with van der Waals surface area (Å²) in [6.07, 6.45) is 0.665. The predicted molar refractivity (Wildman–Crippen MR) is 102 cm³/mol. The number of nitrogens with zero attached hydrogens (tertiary/aromatic N) is 1. The molecule has 1 unspecified atom stereocenters. The number of rotatable bonds is 7. The maximum atomic E-state index is 12.6. The van der Waals surface area contributed by atoms with Crippen LogP contribution in [0.2, 0.25) is 0 Å². The summed E-state index contributed by atoms with van der Waals surface area (Å²) in [4.78, 5) is 37.6. The minimum Gasteiger partial charge on any atom is -0.497 e. The van der Waals surface area contributed by atoms with Gasteiger partial charge in [0, 0.05) is 11.0 Å². The molecule has 2 N–H and O–H groups in total. The summed E-state index contributed by atoms with van der Waals surface area (Å²) in [5.41, 5.74) is 0.0843. The number of amides is 4. The van der Waals surface area contributed by atoms with Crippen LogP contribution in [0.4, 0.5) is 4.79 Å². The van der Waals surface area contributed by atoms with Gasteiger partial charge in [-0.15, -0.1) is 0 Å². The lowest BCUT2D eigenvalue weighted by molar-refractivity contribution is -0.127. The van der Waals surface area contributed by atoms with Gasteiger partial charge in [0.1, 0.15) is 5.75 Å². The van der Waals surface area contributed by atoms with Crippen molar-refractivity contribution >= 4 is 34.3 Å². The molecule has 0 aromatic heterocycles. The van der Waals surface area contributed by atoms with Gasteiger partial charge in [-0.3, -0.25) is 14.9 Å². The highest BCUT2D eigenvalue weighted by molar-refractivity contribution is 9.10. The van der Waals surface area contributed by atoms with Crippen molar-refractivity contribution in [1.82, 2.24) is 15.5 Å². The molecule has 1 aliphatic rings. The predicted octanol–water partition coefficient (Wildman–Crippen LogP) is 2.15. The number of halogens is 1. The number of carbonyl (C=O) groups excluding carboxylic acids is 3.